The molecule has 2 N–H and O–H groups in total. The van der Waals surface area contributed by atoms with Crippen LogP contribution in [0.1, 0.15) is 45.2 Å². The van der Waals surface area contributed by atoms with Crippen molar-refractivity contribution in [3.8, 4) is 0 Å². The molecule has 0 unspecified atom stereocenters. The molecule has 2 rings (SSSR count). The summed E-state index contributed by atoms with van der Waals surface area (Å²) in [7, 11) is -4.12. The van der Waals surface area contributed by atoms with Crippen molar-refractivity contribution >= 4 is 27.6 Å². The Labute approximate surface area is 158 Å². The SMILES string of the molecule is CCCNC(=O)c1ccccc1NS(=O)(=O)c1cc(C(=O)[O-])cc(C)c1C. The molecule has 0 fully saturated rings. The van der Waals surface area contributed by atoms with E-state index in [1.165, 1.54) is 18.2 Å². The summed E-state index contributed by atoms with van der Waals surface area (Å²) in [6.07, 6.45) is 0.744. The number of aromatic carboxylic acids is 1. The second kappa shape index (κ2) is 8.22. The van der Waals surface area contributed by atoms with Crippen molar-refractivity contribution in [3.05, 3.63) is 58.7 Å². The van der Waals surface area contributed by atoms with Gasteiger partial charge in [-0.05, 0) is 61.2 Å². The molecule has 1 amide bonds. The lowest BCUT2D eigenvalue weighted by molar-refractivity contribution is -0.255. The molecule has 2 aromatic carbocycles. The minimum Gasteiger partial charge on any atom is -0.545 e. The van der Waals surface area contributed by atoms with Crippen molar-refractivity contribution in [1.29, 1.82) is 0 Å². The largest absolute Gasteiger partial charge is 0.545 e. The number of carbonyl (C=O) groups is 2. The van der Waals surface area contributed by atoms with Crippen LogP contribution in [0.15, 0.2) is 41.3 Å². The van der Waals surface area contributed by atoms with E-state index in [1.807, 2.05) is 6.92 Å². The molecule has 0 aliphatic carbocycles. The number of hydrogen-bond donors (Lipinski definition) is 2. The van der Waals surface area contributed by atoms with Crippen LogP contribution in [-0.4, -0.2) is 26.8 Å². The smallest absolute Gasteiger partial charge is 0.262 e. The summed E-state index contributed by atoms with van der Waals surface area (Å²) in [5.74, 6) is -1.86. The minimum atomic E-state index is -4.12. The molecule has 0 heterocycles. The van der Waals surface area contributed by atoms with Gasteiger partial charge in [0.1, 0.15) is 0 Å². The molecule has 0 spiro atoms. The number of carboxylic acid groups (broad SMARTS) is 1. The fraction of sp³-hybridized carbons (Fsp3) is 0.263. The number of nitrogens with one attached hydrogen (secondary N) is 2. The Kier molecular flexibility index (Phi) is 6.22. The molecule has 0 aromatic heterocycles. The summed E-state index contributed by atoms with van der Waals surface area (Å²) in [4.78, 5) is 23.3. The van der Waals surface area contributed by atoms with Gasteiger partial charge in [0.15, 0.2) is 0 Å². The van der Waals surface area contributed by atoms with Gasteiger partial charge < -0.3 is 15.2 Å². The minimum absolute atomic E-state index is 0.113. The molecule has 0 radical (unpaired) electrons. The lowest BCUT2D eigenvalue weighted by atomic mass is 10.1. The highest BCUT2D eigenvalue weighted by atomic mass is 32.2. The molecule has 0 aliphatic rings. The quantitative estimate of drug-likeness (QED) is 0.746. The second-order valence-corrected chi connectivity index (χ2v) is 7.76. The van der Waals surface area contributed by atoms with Crippen LogP contribution in [-0.2, 0) is 10.0 Å². The van der Waals surface area contributed by atoms with Crippen LogP contribution in [0.3, 0.4) is 0 Å². The van der Waals surface area contributed by atoms with E-state index in [9.17, 15) is 23.1 Å². The normalized spacial score (nSPS) is 11.1. The van der Waals surface area contributed by atoms with Gasteiger partial charge in [-0.2, -0.15) is 0 Å². The second-order valence-electron chi connectivity index (χ2n) is 6.11. The number of rotatable bonds is 7. The summed E-state index contributed by atoms with van der Waals surface area (Å²) in [6.45, 7) is 5.58. The van der Waals surface area contributed by atoms with Gasteiger partial charge in [-0.3, -0.25) is 9.52 Å². The Balaban J connectivity index is 2.47. The number of aryl methyl sites for hydroxylation is 1. The van der Waals surface area contributed by atoms with Crippen LogP contribution < -0.4 is 15.1 Å². The molecular formula is C19H21N2O5S-. The van der Waals surface area contributed by atoms with Crippen molar-refractivity contribution in [2.45, 2.75) is 32.1 Å². The Morgan fingerprint density at radius 3 is 2.41 bits per heavy atom. The standard InChI is InChI=1S/C19H22N2O5S/c1-4-9-20-18(22)15-7-5-6-8-16(15)21-27(25,26)17-11-14(19(23)24)10-12(2)13(17)3/h5-8,10-11,21H,4,9H2,1-3H3,(H,20,22)(H,23,24)/p-1. The van der Waals surface area contributed by atoms with Crippen LogP contribution >= 0.6 is 0 Å². The first-order valence-electron chi connectivity index (χ1n) is 8.40. The van der Waals surface area contributed by atoms with Gasteiger partial charge in [-0.1, -0.05) is 19.1 Å². The van der Waals surface area contributed by atoms with Crippen LogP contribution in [0.25, 0.3) is 0 Å². The van der Waals surface area contributed by atoms with Crippen LogP contribution in [0.2, 0.25) is 0 Å². The summed E-state index contributed by atoms with van der Waals surface area (Å²) in [5, 5.41) is 13.9. The van der Waals surface area contributed by atoms with Crippen LogP contribution in [0.5, 0.6) is 0 Å². The van der Waals surface area contributed by atoms with Crippen LogP contribution in [0, 0.1) is 13.8 Å². The maximum atomic E-state index is 12.9. The lowest BCUT2D eigenvalue weighted by Gasteiger charge is -2.16. The number of benzene rings is 2. The van der Waals surface area contributed by atoms with E-state index in [0.717, 1.165) is 12.5 Å². The highest BCUT2D eigenvalue weighted by Gasteiger charge is 2.22. The predicted molar refractivity (Wildman–Crippen MR) is 100 cm³/mol. The van der Waals surface area contributed by atoms with Gasteiger partial charge in [0.25, 0.3) is 15.9 Å². The highest BCUT2D eigenvalue weighted by Crippen LogP contribution is 2.25. The van der Waals surface area contributed by atoms with E-state index in [4.69, 9.17) is 0 Å². The maximum Gasteiger partial charge on any atom is 0.262 e. The molecule has 0 aliphatic heterocycles. The number of amides is 1. The van der Waals surface area contributed by atoms with E-state index in [2.05, 4.69) is 10.0 Å². The zero-order valence-electron chi connectivity index (χ0n) is 15.3. The van der Waals surface area contributed by atoms with Gasteiger partial charge in [0.05, 0.1) is 22.1 Å². The first-order chi connectivity index (χ1) is 12.7. The Hall–Kier alpha value is -2.87. The van der Waals surface area contributed by atoms with E-state index in [0.29, 0.717) is 17.7 Å². The lowest BCUT2D eigenvalue weighted by Crippen LogP contribution is -2.26. The third-order valence-corrected chi connectivity index (χ3v) is 5.59. The van der Waals surface area contributed by atoms with E-state index in [-0.39, 0.29) is 21.7 Å². The van der Waals surface area contributed by atoms with Gasteiger partial charge >= 0.3 is 0 Å². The molecule has 0 saturated heterocycles. The molecule has 8 heteroatoms. The monoisotopic (exact) mass is 389 g/mol. The maximum absolute atomic E-state index is 12.9. The number of carbonyl (C=O) groups excluding carboxylic acids is 2. The fourth-order valence-electron chi connectivity index (χ4n) is 2.53. The third-order valence-electron chi connectivity index (χ3n) is 4.10. The van der Waals surface area contributed by atoms with Crippen LogP contribution in [0.4, 0.5) is 5.69 Å². The molecule has 0 bridgehead atoms. The van der Waals surface area contributed by atoms with Gasteiger partial charge in [-0.25, -0.2) is 8.42 Å². The first-order valence-corrected chi connectivity index (χ1v) is 9.88. The third kappa shape index (κ3) is 4.65. The van der Waals surface area contributed by atoms with Crippen molar-refractivity contribution in [1.82, 2.24) is 5.32 Å². The zero-order chi connectivity index (χ0) is 20.2. The summed E-state index contributed by atoms with van der Waals surface area (Å²) < 4.78 is 28.2. The van der Waals surface area contributed by atoms with Crippen molar-refractivity contribution in [3.63, 3.8) is 0 Å². The molecule has 7 nitrogen and oxygen atoms in total. The molecule has 0 atom stereocenters. The Morgan fingerprint density at radius 1 is 1.11 bits per heavy atom. The summed E-state index contributed by atoms with van der Waals surface area (Å²) in [6, 6.07) is 8.63. The van der Waals surface area contributed by atoms with Gasteiger partial charge in [-0.15, -0.1) is 0 Å². The zero-order valence-corrected chi connectivity index (χ0v) is 16.1. The predicted octanol–water partition coefficient (Wildman–Crippen LogP) is 1.61. The Bertz CT molecular complexity index is 984. The molecule has 2 aromatic rings. The van der Waals surface area contributed by atoms with Gasteiger partial charge in [0.2, 0.25) is 0 Å². The number of hydrogen-bond acceptors (Lipinski definition) is 5. The van der Waals surface area contributed by atoms with E-state index >= 15 is 0 Å². The number of para-hydroxylation sites is 1. The Morgan fingerprint density at radius 2 is 1.78 bits per heavy atom. The van der Waals surface area contributed by atoms with Crippen molar-refractivity contribution in [2.24, 2.45) is 0 Å². The molecule has 0 saturated carbocycles. The average molecular weight is 389 g/mol. The molecular weight excluding hydrogens is 368 g/mol. The number of carboxylic acids is 1. The topological polar surface area (TPSA) is 115 Å². The molecule has 144 valence electrons. The first kappa shape index (κ1) is 20.4. The van der Waals surface area contributed by atoms with E-state index < -0.39 is 21.9 Å². The van der Waals surface area contributed by atoms with Crippen molar-refractivity contribution < 1.29 is 23.1 Å². The number of sulfonamides is 1. The van der Waals surface area contributed by atoms with Crippen molar-refractivity contribution in [2.75, 3.05) is 11.3 Å². The molecule has 27 heavy (non-hydrogen) atoms. The number of anilines is 1. The van der Waals surface area contributed by atoms with E-state index in [1.54, 1.807) is 26.0 Å². The van der Waals surface area contributed by atoms with Gasteiger partial charge in [0, 0.05) is 6.54 Å². The summed E-state index contributed by atoms with van der Waals surface area (Å²) in [5.41, 5.74) is 0.987. The average Bonchev–Trinajstić information content (AvgIpc) is 2.61. The fourth-order valence-corrected chi connectivity index (χ4v) is 3.95. The summed E-state index contributed by atoms with van der Waals surface area (Å²) >= 11 is 0. The highest BCUT2D eigenvalue weighted by molar-refractivity contribution is 7.92.